The standard InChI is InChI=1S/C13H21N3O4/c1-19-8-6-10-5-7-16(9-10)12(17)4-2-3-11-14-13(18)20-15-11/h10H,2-9H2,1H3,(H,14,15,18). The topological polar surface area (TPSA) is 88.4 Å². The average Bonchev–Trinajstić information content (AvgIpc) is 3.05. The highest BCUT2D eigenvalue weighted by Gasteiger charge is 2.25. The van der Waals surface area contributed by atoms with Crippen molar-refractivity contribution in [2.24, 2.45) is 5.92 Å². The minimum atomic E-state index is -0.549. The van der Waals surface area contributed by atoms with E-state index in [4.69, 9.17) is 4.74 Å². The molecule has 20 heavy (non-hydrogen) atoms. The molecule has 0 saturated carbocycles. The molecule has 0 bridgehead atoms. The summed E-state index contributed by atoms with van der Waals surface area (Å²) in [7, 11) is 1.70. The summed E-state index contributed by atoms with van der Waals surface area (Å²) in [6.45, 7) is 2.43. The summed E-state index contributed by atoms with van der Waals surface area (Å²) in [5, 5.41) is 3.57. The Bertz CT molecular complexity index is 482. The van der Waals surface area contributed by atoms with Gasteiger partial charge in [0.15, 0.2) is 5.82 Å². The number of carbonyl (C=O) groups is 1. The molecule has 7 heteroatoms. The zero-order chi connectivity index (χ0) is 14.4. The number of rotatable bonds is 7. The number of aromatic amines is 1. The van der Waals surface area contributed by atoms with Crippen LogP contribution in [-0.4, -0.2) is 47.8 Å². The lowest BCUT2D eigenvalue weighted by Gasteiger charge is -2.16. The number of methoxy groups -OCH3 is 1. The van der Waals surface area contributed by atoms with Crippen molar-refractivity contribution in [3.63, 3.8) is 0 Å². The quantitative estimate of drug-likeness (QED) is 0.790. The molecule has 1 aliphatic heterocycles. The molecular weight excluding hydrogens is 262 g/mol. The van der Waals surface area contributed by atoms with Crippen LogP contribution in [0.5, 0.6) is 0 Å². The lowest BCUT2D eigenvalue weighted by atomic mass is 10.1. The first kappa shape index (κ1) is 14.8. The van der Waals surface area contributed by atoms with Crippen molar-refractivity contribution in [3.05, 3.63) is 16.4 Å². The molecule has 112 valence electrons. The van der Waals surface area contributed by atoms with Crippen LogP contribution in [0.4, 0.5) is 0 Å². The van der Waals surface area contributed by atoms with Gasteiger partial charge in [-0.2, -0.15) is 0 Å². The normalized spacial score (nSPS) is 18.6. The third kappa shape index (κ3) is 4.19. The highest BCUT2D eigenvalue weighted by molar-refractivity contribution is 5.76. The van der Waals surface area contributed by atoms with Crippen LogP contribution in [0.25, 0.3) is 0 Å². The van der Waals surface area contributed by atoms with Crippen LogP contribution in [0, 0.1) is 5.92 Å². The molecule has 1 N–H and O–H groups in total. The second-order valence-corrected chi connectivity index (χ2v) is 5.17. The molecule has 7 nitrogen and oxygen atoms in total. The van der Waals surface area contributed by atoms with E-state index < -0.39 is 5.76 Å². The smallest absolute Gasteiger partial charge is 0.385 e. The second-order valence-electron chi connectivity index (χ2n) is 5.17. The van der Waals surface area contributed by atoms with E-state index in [2.05, 4.69) is 14.7 Å². The summed E-state index contributed by atoms with van der Waals surface area (Å²) in [6, 6.07) is 0. The van der Waals surface area contributed by atoms with E-state index in [1.165, 1.54) is 0 Å². The highest BCUT2D eigenvalue weighted by Crippen LogP contribution is 2.20. The monoisotopic (exact) mass is 283 g/mol. The van der Waals surface area contributed by atoms with Crippen molar-refractivity contribution in [1.82, 2.24) is 15.0 Å². The van der Waals surface area contributed by atoms with Gasteiger partial charge in [-0.25, -0.2) is 4.79 Å². The highest BCUT2D eigenvalue weighted by atomic mass is 16.5. The average molecular weight is 283 g/mol. The zero-order valence-corrected chi connectivity index (χ0v) is 11.8. The van der Waals surface area contributed by atoms with Gasteiger partial charge < -0.3 is 9.64 Å². The Labute approximate surface area is 117 Å². The number of hydrogen-bond donors (Lipinski definition) is 1. The molecule has 1 aliphatic rings. The fourth-order valence-corrected chi connectivity index (χ4v) is 2.51. The van der Waals surface area contributed by atoms with Gasteiger partial charge in [0.25, 0.3) is 0 Å². The molecule has 0 aromatic carbocycles. The number of H-pyrrole nitrogens is 1. The maximum atomic E-state index is 12.0. The molecule has 1 aromatic heterocycles. The number of ether oxygens (including phenoxy) is 1. The molecule has 1 atom stereocenters. The summed E-state index contributed by atoms with van der Waals surface area (Å²) in [5.41, 5.74) is 0. The number of aromatic nitrogens is 2. The first-order valence-corrected chi connectivity index (χ1v) is 7.00. The number of likely N-dealkylation sites (tertiary alicyclic amines) is 1. The molecule has 1 aromatic rings. The molecule has 0 aliphatic carbocycles. The van der Waals surface area contributed by atoms with E-state index in [0.717, 1.165) is 32.5 Å². The Balaban J connectivity index is 1.66. The maximum absolute atomic E-state index is 12.0. The van der Waals surface area contributed by atoms with E-state index in [-0.39, 0.29) is 5.91 Å². The Morgan fingerprint density at radius 1 is 1.60 bits per heavy atom. The van der Waals surface area contributed by atoms with Gasteiger partial charge in [-0.3, -0.25) is 14.3 Å². The summed E-state index contributed by atoms with van der Waals surface area (Å²) in [6.07, 6.45) is 3.77. The predicted octanol–water partition coefficient (Wildman–Crippen LogP) is 0.571. The van der Waals surface area contributed by atoms with E-state index in [1.807, 2.05) is 4.90 Å². The summed E-state index contributed by atoms with van der Waals surface area (Å²) in [5.74, 6) is 0.690. The predicted molar refractivity (Wildman–Crippen MR) is 71.2 cm³/mol. The lowest BCUT2D eigenvalue weighted by Crippen LogP contribution is -2.28. The fourth-order valence-electron chi connectivity index (χ4n) is 2.51. The lowest BCUT2D eigenvalue weighted by molar-refractivity contribution is -0.130. The van der Waals surface area contributed by atoms with Crippen molar-refractivity contribution >= 4 is 5.91 Å². The Hall–Kier alpha value is -1.63. The third-order valence-corrected chi connectivity index (χ3v) is 3.66. The number of nitrogens with zero attached hydrogens (tertiary/aromatic N) is 2. The molecular formula is C13H21N3O4. The molecule has 2 heterocycles. The summed E-state index contributed by atoms with van der Waals surface area (Å²) in [4.78, 5) is 27.2. The van der Waals surface area contributed by atoms with Gasteiger partial charge in [-0.1, -0.05) is 5.16 Å². The molecule has 2 rings (SSSR count). The largest absolute Gasteiger partial charge is 0.438 e. The molecule has 1 amide bonds. The summed E-state index contributed by atoms with van der Waals surface area (Å²) < 4.78 is 9.47. The minimum absolute atomic E-state index is 0.177. The van der Waals surface area contributed by atoms with Crippen LogP contribution in [0.3, 0.4) is 0 Å². The summed E-state index contributed by atoms with van der Waals surface area (Å²) >= 11 is 0. The van der Waals surface area contributed by atoms with Gasteiger partial charge in [0.05, 0.1) is 0 Å². The van der Waals surface area contributed by atoms with Crippen LogP contribution in [0.15, 0.2) is 9.32 Å². The fraction of sp³-hybridized carbons (Fsp3) is 0.769. The van der Waals surface area contributed by atoms with Crippen LogP contribution in [0.2, 0.25) is 0 Å². The number of nitrogens with one attached hydrogen (secondary N) is 1. The van der Waals surface area contributed by atoms with Crippen molar-refractivity contribution < 1.29 is 14.1 Å². The molecule has 1 saturated heterocycles. The first-order chi connectivity index (χ1) is 9.69. The van der Waals surface area contributed by atoms with E-state index in [0.29, 0.717) is 31.0 Å². The van der Waals surface area contributed by atoms with Crippen molar-refractivity contribution in [2.75, 3.05) is 26.8 Å². The van der Waals surface area contributed by atoms with Crippen LogP contribution < -0.4 is 5.76 Å². The van der Waals surface area contributed by atoms with Crippen molar-refractivity contribution in [1.29, 1.82) is 0 Å². The van der Waals surface area contributed by atoms with Crippen LogP contribution >= 0.6 is 0 Å². The Morgan fingerprint density at radius 2 is 2.45 bits per heavy atom. The van der Waals surface area contributed by atoms with Gasteiger partial charge in [0, 0.05) is 39.6 Å². The molecule has 1 unspecified atom stereocenters. The van der Waals surface area contributed by atoms with Gasteiger partial charge in [-0.15, -0.1) is 0 Å². The minimum Gasteiger partial charge on any atom is -0.385 e. The SMILES string of the molecule is COCCC1CCN(C(=O)CCCc2noc(=O)[nH]2)C1. The maximum Gasteiger partial charge on any atom is 0.438 e. The molecule has 0 radical (unpaired) electrons. The molecule has 1 fully saturated rings. The van der Waals surface area contributed by atoms with Crippen LogP contribution in [0.1, 0.15) is 31.5 Å². The van der Waals surface area contributed by atoms with Gasteiger partial charge >= 0.3 is 5.76 Å². The van der Waals surface area contributed by atoms with E-state index in [9.17, 15) is 9.59 Å². The number of carbonyl (C=O) groups excluding carboxylic acids is 1. The third-order valence-electron chi connectivity index (χ3n) is 3.66. The number of amides is 1. The van der Waals surface area contributed by atoms with Crippen LogP contribution in [-0.2, 0) is 16.0 Å². The number of hydrogen-bond acceptors (Lipinski definition) is 5. The van der Waals surface area contributed by atoms with E-state index in [1.54, 1.807) is 7.11 Å². The van der Waals surface area contributed by atoms with Crippen molar-refractivity contribution in [2.45, 2.75) is 32.1 Å². The van der Waals surface area contributed by atoms with E-state index >= 15 is 0 Å². The van der Waals surface area contributed by atoms with Crippen molar-refractivity contribution in [3.8, 4) is 0 Å². The second kappa shape index (κ2) is 7.23. The Kier molecular flexibility index (Phi) is 5.34. The Morgan fingerprint density at radius 3 is 3.15 bits per heavy atom. The first-order valence-electron chi connectivity index (χ1n) is 7.00. The molecule has 0 spiro atoms. The van der Waals surface area contributed by atoms with Gasteiger partial charge in [-0.05, 0) is 25.2 Å². The van der Waals surface area contributed by atoms with Gasteiger partial charge in [0.2, 0.25) is 5.91 Å². The number of aryl methyl sites for hydroxylation is 1. The zero-order valence-electron chi connectivity index (χ0n) is 11.8. The van der Waals surface area contributed by atoms with Gasteiger partial charge in [0.1, 0.15) is 0 Å².